The molecule has 1 saturated heterocycles. The van der Waals surface area contributed by atoms with Gasteiger partial charge in [-0.05, 0) is 19.4 Å². The van der Waals surface area contributed by atoms with Gasteiger partial charge < -0.3 is 15.3 Å². The summed E-state index contributed by atoms with van der Waals surface area (Å²) in [5, 5.41) is 11.9. The van der Waals surface area contributed by atoms with Crippen LogP contribution < -0.4 is 5.32 Å². The second kappa shape index (κ2) is 5.98. The number of aliphatic carboxylic acids is 1. The molecule has 82 valence electrons. The molecule has 1 fully saturated rings. The van der Waals surface area contributed by atoms with Crippen molar-refractivity contribution in [2.75, 3.05) is 26.2 Å². The minimum atomic E-state index is -0.695. The van der Waals surface area contributed by atoms with E-state index < -0.39 is 5.97 Å². The van der Waals surface area contributed by atoms with Crippen molar-refractivity contribution in [2.45, 2.75) is 32.2 Å². The number of carboxylic acid groups (broad SMARTS) is 1. The third kappa shape index (κ3) is 4.07. The molecule has 2 N–H and O–H groups in total. The summed E-state index contributed by atoms with van der Waals surface area (Å²) in [5.41, 5.74) is 0. The fraction of sp³-hybridized carbons (Fsp3) is 0.900. The first-order valence-corrected chi connectivity index (χ1v) is 5.40. The smallest absolute Gasteiger partial charge is 0.303 e. The van der Waals surface area contributed by atoms with Crippen molar-refractivity contribution in [3.05, 3.63) is 0 Å². The molecule has 4 heteroatoms. The second-order valence-corrected chi connectivity index (χ2v) is 3.88. The van der Waals surface area contributed by atoms with Crippen molar-refractivity contribution in [1.82, 2.24) is 10.2 Å². The van der Waals surface area contributed by atoms with Crippen LogP contribution >= 0.6 is 0 Å². The zero-order valence-electron chi connectivity index (χ0n) is 8.83. The third-order valence-corrected chi connectivity index (χ3v) is 2.59. The fourth-order valence-corrected chi connectivity index (χ4v) is 1.90. The van der Waals surface area contributed by atoms with Gasteiger partial charge in [0, 0.05) is 32.1 Å². The van der Waals surface area contributed by atoms with Crippen molar-refractivity contribution in [3.63, 3.8) is 0 Å². The lowest BCUT2D eigenvalue weighted by Crippen LogP contribution is -2.50. The molecular weight excluding hydrogens is 180 g/mol. The highest BCUT2D eigenvalue weighted by Crippen LogP contribution is 2.05. The summed E-state index contributed by atoms with van der Waals surface area (Å²) in [7, 11) is 0. The number of nitrogens with one attached hydrogen (secondary N) is 1. The van der Waals surface area contributed by atoms with Crippen LogP contribution in [0.15, 0.2) is 0 Å². The lowest BCUT2D eigenvalue weighted by atomic mass is 10.1. The largest absolute Gasteiger partial charge is 0.481 e. The van der Waals surface area contributed by atoms with Gasteiger partial charge in [0.25, 0.3) is 0 Å². The number of piperazine rings is 1. The Bertz CT molecular complexity index is 183. The average Bonchev–Trinajstić information content (AvgIpc) is 2.16. The van der Waals surface area contributed by atoms with Gasteiger partial charge in [-0.15, -0.1) is 0 Å². The first-order chi connectivity index (χ1) is 6.72. The Labute approximate surface area is 85.3 Å². The molecule has 1 heterocycles. The predicted molar refractivity (Wildman–Crippen MR) is 55.4 cm³/mol. The van der Waals surface area contributed by atoms with E-state index in [1.54, 1.807) is 0 Å². The molecule has 14 heavy (non-hydrogen) atoms. The first-order valence-electron chi connectivity index (χ1n) is 5.40. The van der Waals surface area contributed by atoms with Crippen molar-refractivity contribution >= 4 is 5.97 Å². The van der Waals surface area contributed by atoms with Crippen LogP contribution in [-0.4, -0.2) is 48.2 Å². The van der Waals surface area contributed by atoms with Crippen LogP contribution in [0.3, 0.4) is 0 Å². The Hall–Kier alpha value is -0.610. The van der Waals surface area contributed by atoms with Crippen LogP contribution in [0.5, 0.6) is 0 Å². The van der Waals surface area contributed by atoms with Crippen molar-refractivity contribution in [3.8, 4) is 0 Å². The van der Waals surface area contributed by atoms with Gasteiger partial charge in [-0.25, -0.2) is 0 Å². The molecule has 0 aromatic heterocycles. The number of carboxylic acids is 1. The summed E-state index contributed by atoms with van der Waals surface area (Å²) in [4.78, 5) is 12.8. The Morgan fingerprint density at radius 1 is 1.64 bits per heavy atom. The Kier molecular flexibility index (Phi) is 4.90. The van der Waals surface area contributed by atoms with E-state index in [2.05, 4.69) is 17.1 Å². The molecule has 0 radical (unpaired) electrons. The SMILES string of the molecule is CCCN1CCNC(CCC(=O)O)C1. The monoisotopic (exact) mass is 200 g/mol. The molecule has 0 spiro atoms. The van der Waals surface area contributed by atoms with Gasteiger partial charge >= 0.3 is 5.97 Å². The molecule has 0 bridgehead atoms. The minimum absolute atomic E-state index is 0.275. The Morgan fingerprint density at radius 2 is 2.43 bits per heavy atom. The van der Waals surface area contributed by atoms with E-state index in [4.69, 9.17) is 5.11 Å². The number of rotatable bonds is 5. The zero-order chi connectivity index (χ0) is 10.4. The molecule has 0 aromatic rings. The summed E-state index contributed by atoms with van der Waals surface area (Å²) in [6.07, 6.45) is 2.19. The lowest BCUT2D eigenvalue weighted by molar-refractivity contribution is -0.137. The van der Waals surface area contributed by atoms with Crippen molar-refractivity contribution in [1.29, 1.82) is 0 Å². The van der Waals surface area contributed by atoms with Crippen molar-refractivity contribution in [2.24, 2.45) is 0 Å². The maximum absolute atomic E-state index is 10.4. The van der Waals surface area contributed by atoms with E-state index in [9.17, 15) is 4.79 Å². The number of nitrogens with zero attached hydrogens (tertiary/aromatic N) is 1. The van der Waals surface area contributed by atoms with Gasteiger partial charge in [-0.3, -0.25) is 4.79 Å². The molecule has 1 unspecified atom stereocenters. The lowest BCUT2D eigenvalue weighted by Gasteiger charge is -2.33. The molecule has 0 saturated carbocycles. The molecule has 4 nitrogen and oxygen atoms in total. The Balaban J connectivity index is 2.21. The highest BCUT2D eigenvalue weighted by molar-refractivity contribution is 5.66. The quantitative estimate of drug-likeness (QED) is 0.680. The standard InChI is InChI=1S/C10H20N2O2/c1-2-6-12-7-5-11-9(8-12)3-4-10(13)14/h9,11H,2-8H2,1H3,(H,13,14). The highest BCUT2D eigenvalue weighted by atomic mass is 16.4. The van der Waals surface area contributed by atoms with Crippen LogP contribution in [0.4, 0.5) is 0 Å². The summed E-state index contributed by atoms with van der Waals surface area (Å²) in [5.74, 6) is -0.695. The number of hydrogen-bond acceptors (Lipinski definition) is 3. The molecular formula is C10H20N2O2. The number of carbonyl (C=O) groups is 1. The molecule has 1 aliphatic rings. The topological polar surface area (TPSA) is 52.6 Å². The van der Waals surface area contributed by atoms with Crippen LogP contribution in [0.2, 0.25) is 0 Å². The fourth-order valence-electron chi connectivity index (χ4n) is 1.90. The zero-order valence-corrected chi connectivity index (χ0v) is 8.83. The van der Waals surface area contributed by atoms with E-state index in [0.29, 0.717) is 6.04 Å². The minimum Gasteiger partial charge on any atom is -0.481 e. The van der Waals surface area contributed by atoms with Gasteiger partial charge in [-0.1, -0.05) is 6.92 Å². The van der Waals surface area contributed by atoms with E-state index in [1.165, 1.54) is 6.42 Å². The molecule has 1 rings (SSSR count). The van der Waals surface area contributed by atoms with Gasteiger partial charge in [0.15, 0.2) is 0 Å². The first kappa shape index (κ1) is 11.5. The van der Waals surface area contributed by atoms with E-state index in [0.717, 1.165) is 32.6 Å². The maximum atomic E-state index is 10.4. The predicted octanol–water partition coefficient (Wildman–Crippen LogP) is 0.535. The van der Waals surface area contributed by atoms with Gasteiger partial charge in [0.1, 0.15) is 0 Å². The average molecular weight is 200 g/mol. The van der Waals surface area contributed by atoms with Crippen LogP contribution in [-0.2, 0) is 4.79 Å². The summed E-state index contributed by atoms with van der Waals surface area (Å²) in [6.45, 7) is 6.39. The van der Waals surface area contributed by atoms with Crippen LogP contribution in [0.25, 0.3) is 0 Å². The molecule has 1 aliphatic heterocycles. The van der Waals surface area contributed by atoms with E-state index in [-0.39, 0.29) is 6.42 Å². The molecule has 1 atom stereocenters. The van der Waals surface area contributed by atoms with E-state index >= 15 is 0 Å². The van der Waals surface area contributed by atoms with Crippen LogP contribution in [0, 0.1) is 0 Å². The molecule has 0 amide bonds. The summed E-state index contributed by atoms with van der Waals surface area (Å²) >= 11 is 0. The maximum Gasteiger partial charge on any atom is 0.303 e. The molecule has 0 aliphatic carbocycles. The third-order valence-electron chi connectivity index (χ3n) is 2.59. The summed E-state index contributed by atoms with van der Waals surface area (Å²) < 4.78 is 0. The number of hydrogen-bond donors (Lipinski definition) is 2. The van der Waals surface area contributed by atoms with Gasteiger partial charge in [0.2, 0.25) is 0 Å². The normalized spacial score (nSPS) is 23.6. The Morgan fingerprint density at radius 3 is 3.07 bits per heavy atom. The summed E-state index contributed by atoms with van der Waals surface area (Å²) in [6, 6.07) is 0.367. The van der Waals surface area contributed by atoms with E-state index in [1.807, 2.05) is 0 Å². The second-order valence-electron chi connectivity index (χ2n) is 3.88. The highest BCUT2D eigenvalue weighted by Gasteiger charge is 2.18. The van der Waals surface area contributed by atoms with Gasteiger partial charge in [0.05, 0.1) is 0 Å². The van der Waals surface area contributed by atoms with Crippen molar-refractivity contribution < 1.29 is 9.90 Å². The van der Waals surface area contributed by atoms with Crippen LogP contribution in [0.1, 0.15) is 26.2 Å². The van der Waals surface area contributed by atoms with Gasteiger partial charge in [-0.2, -0.15) is 0 Å². The molecule has 0 aromatic carbocycles.